The maximum absolute atomic E-state index is 5.75. The first-order valence-electron chi connectivity index (χ1n) is 6.43. The van der Waals surface area contributed by atoms with Gasteiger partial charge in [-0.25, -0.2) is 9.97 Å². The Balaban J connectivity index is 1.87. The van der Waals surface area contributed by atoms with Crippen LogP contribution in [0, 0.1) is 6.92 Å². The average molecular weight is 281 g/mol. The number of aromatic nitrogens is 2. The summed E-state index contributed by atoms with van der Waals surface area (Å²) in [7, 11) is 0. The highest BCUT2D eigenvalue weighted by Crippen LogP contribution is 2.25. The van der Waals surface area contributed by atoms with E-state index in [1.807, 2.05) is 6.92 Å². The summed E-state index contributed by atoms with van der Waals surface area (Å²) in [6.45, 7) is 1.93. The minimum atomic E-state index is 0.526. The van der Waals surface area contributed by atoms with Gasteiger partial charge in [-0.1, -0.05) is 54.2 Å². The van der Waals surface area contributed by atoms with E-state index in [1.54, 1.807) is 17.8 Å². The largest absolute Gasteiger partial charge is 0.384 e. The van der Waals surface area contributed by atoms with Gasteiger partial charge < -0.3 is 5.73 Å². The third kappa shape index (κ3) is 2.75. The number of rotatable bonds is 3. The summed E-state index contributed by atoms with van der Waals surface area (Å²) >= 11 is 1.61. The van der Waals surface area contributed by atoms with E-state index in [-0.39, 0.29) is 0 Å². The standard InChI is InChI=1S/C16H15N3S/c1-11-9-15(17)19-16(18-11)20-10-13-7-4-6-12-5-2-3-8-14(12)13/h2-9H,10H2,1H3,(H2,17,18,19). The van der Waals surface area contributed by atoms with Gasteiger partial charge >= 0.3 is 0 Å². The molecule has 0 bridgehead atoms. The molecule has 0 saturated heterocycles. The molecule has 0 spiro atoms. The Morgan fingerprint density at radius 1 is 1.05 bits per heavy atom. The summed E-state index contributed by atoms with van der Waals surface area (Å²) in [5.41, 5.74) is 7.94. The van der Waals surface area contributed by atoms with E-state index in [1.165, 1.54) is 16.3 Å². The number of nitrogen functional groups attached to an aromatic ring is 1. The highest BCUT2D eigenvalue weighted by Gasteiger charge is 2.04. The molecule has 100 valence electrons. The van der Waals surface area contributed by atoms with E-state index in [4.69, 9.17) is 5.73 Å². The molecule has 0 aliphatic rings. The highest BCUT2D eigenvalue weighted by atomic mass is 32.2. The van der Waals surface area contributed by atoms with Gasteiger partial charge in [0, 0.05) is 17.5 Å². The van der Waals surface area contributed by atoms with Gasteiger partial charge in [0.05, 0.1) is 0 Å². The number of anilines is 1. The summed E-state index contributed by atoms with van der Waals surface area (Å²) in [5.74, 6) is 1.36. The van der Waals surface area contributed by atoms with Gasteiger partial charge in [0.25, 0.3) is 0 Å². The molecular formula is C16H15N3S. The fourth-order valence-electron chi connectivity index (χ4n) is 2.19. The van der Waals surface area contributed by atoms with Gasteiger partial charge in [-0.05, 0) is 23.3 Å². The minimum absolute atomic E-state index is 0.526. The number of nitrogens with zero attached hydrogens (tertiary/aromatic N) is 2. The van der Waals surface area contributed by atoms with Crippen molar-refractivity contribution in [3.8, 4) is 0 Å². The van der Waals surface area contributed by atoms with Crippen LogP contribution in [0.1, 0.15) is 11.3 Å². The maximum atomic E-state index is 5.75. The summed E-state index contributed by atoms with van der Waals surface area (Å²) in [6, 6.07) is 16.5. The van der Waals surface area contributed by atoms with Crippen LogP contribution >= 0.6 is 11.8 Å². The van der Waals surface area contributed by atoms with Crippen molar-refractivity contribution >= 4 is 28.4 Å². The summed E-state index contributed by atoms with van der Waals surface area (Å²) < 4.78 is 0. The second-order valence-electron chi connectivity index (χ2n) is 4.64. The minimum Gasteiger partial charge on any atom is -0.384 e. The molecule has 0 fully saturated rings. The maximum Gasteiger partial charge on any atom is 0.190 e. The topological polar surface area (TPSA) is 51.8 Å². The fraction of sp³-hybridized carbons (Fsp3) is 0.125. The molecule has 0 atom stereocenters. The highest BCUT2D eigenvalue weighted by molar-refractivity contribution is 7.98. The third-order valence-corrected chi connectivity index (χ3v) is 3.99. The predicted molar refractivity (Wildman–Crippen MR) is 84.7 cm³/mol. The molecule has 0 unspecified atom stereocenters. The molecule has 20 heavy (non-hydrogen) atoms. The smallest absolute Gasteiger partial charge is 0.190 e. The number of fused-ring (bicyclic) bond motifs is 1. The first kappa shape index (κ1) is 12.9. The van der Waals surface area contributed by atoms with Crippen molar-refractivity contribution in [2.75, 3.05) is 5.73 Å². The number of hydrogen-bond donors (Lipinski definition) is 1. The van der Waals surface area contributed by atoms with Gasteiger partial charge in [0.2, 0.25) is 0 Å². The Labute approximate surface area is 122 Å². The van der Waals surface area contributed by atoms with Crippen molar-refractivity contribution in [3.05, 3.63) is 59.8 Å². The molecule has 1 heterocycles. The normalized spacial score (nSPS) is 10.8. The van der Waals surface area contributed by atoms with Crippen molar-refractivity contribution in [2.24, 2.45) is 0 Å². The summed E-state index contributed by atoms with van der Waals surface area (Å²) in [6.07, 6.45) is 0. The molecule has 0 radical (unpaired) electrons. The van der Waals surface area contributed by atoms with Crippen LogP contribution in [-0.2, 0) is 5.75 Å². The summed E-state index contributed by atoms with van der Waals surface area (Å²) in [4.78, 5) is 8.66. The second-order valence-corrected chi connectivity index (χ2v) is 5.59. The first-order valence-corrected chi connectivity index (χ1v) is 7.41. The molecule has 1 aromatic heterocycles. The lowest BCUT2D eigenvalue weighted by Crippen LogP contribution is -1.96. The van der Waals surface area contributed by atoms with E-state index in [0.717, 1.165) is 16.6 Å². The van der Waals surface area contributed by atoms with Gasteiger partial charge in [0.1, 0.15) is 5.82 Å². The number of hydrogen-bond acceptors (Lipinski definition) is 4. The van der Waals surface area contributed by atoms with Crippen LogP contribution in [0.2, 0.25) is 0 Å². The van der Waals surface area contributed by atoms with Gasteiger partial charge in [-0.15, -0.1) is 0 Å². The van der Waals surface area contributed by atoms with Crippen molar-refractivity contribution in [3.63, 3.8) is 0 Å². The number of thioether (sulfide) groups is 1. The number of aryl methyl sites for hydroxylation is 1. The quantitative estimate of drug-likeness (QED) is 0.586. The van der Waals surface area contributed by atoms with E-state index < -0.39 is 0 Å². The third-order valence-electron chi connectivity index (χ3n) is 3.09. The van der Waals surface area contributed by atoms with E-state index in [0.29, 0.717) is 5.82 Å². The van der Waals surface area contributed by atoms with Crippen LogP contribution in [-0.4, -0.2) is 9.97 Å². The molecule has 2 aromatic carbocycles. The fourth-order valence-corrected chi connectivity index (χ4v) is 3.10. The van der Waals surface area contributed by atoms with Crippen LogP contribution in [0.5, 0.6) is 0 Å². The Morgan fingerprint density at radius 3 is 2.70 bits per heavy atom. The average Bonchev–Trinajstić information content (AvgIpc) is 2.44. The number of nitrogens with two attached hydrogens (primary N) is 1. The van der Waals surface area contributed by atoms with E-state index in [2.05, 4.69) is 52.4 Å². The van der Waals surface area contributed by atoms with Crippen molar-refractivity contribution in [2.45, 2.75) is 17.8 Å². The van der Waals surface area contributed by atoms with Crippen LogP contribution in [0.15, 0.2) is 53.7 Å². The van der Waals surface area contributed by atoms with E-state index in [9.17, 15) is 0 Å². The zero-order valence-electron chi connectivity index (χ0n) is 11.2. The molecule has 0 amide bonds. The van der Waals surface area contributed by atoms with Crippen LogP contribution in [0.25, 0.3) is 10.8 Å². The van der Waals surface area contributed by atoms with Crippen LogP contribution in [0.4, 0.5) is 5.82 Å². The number of benzene rings is 2. The Bertz CT molecular complexity index is 730. The molecule has 0 saturated carbocycles. The van der Waals surface area contributed by atoms with Gasteiger partial charge in [-0.3, -0.25) is 0 Å². The molecule has 3 nitrogen and oxygen atoms in total. The molecule has 0 aliphatic carbocycles. The lowest BCUT2D eigenvalue weighted by Gasteiger charge is -2.06. The Morgan fingerprint density at radius 2 is 1.85 bits per heavy atom. The Kier molecular flexibility index (Phi) is 3.56. The molecule has 2 N–H and O–H groups in total. The monoisotopic (exact) mass is 281 g/mol. The first-order chi connectivity index (χ1) is 9.72. The zero-order valence-corrected chi connectivity index (χ0v) is 12.0. The molecule has 3 aromatic rings. The molecule has 0 aliphatic heterocycles. The lowest BCUT2D eigenvalue weighted by molar-refractivity contribution is 0.940. The SMILES string of the molecule is Cc1cc(N)nc(SCc2cccc3ccccc23)n1. The van der Waals surface area contributed by atoms with Crippen molar-refractivity contribution in [1.29, 1.82) is 0 Å². The van der Waals surface area contributed by atoms with Crippen molar-refractivity contribution < 1.29 is 0 Å². The van der Waals surface area contributed by atoms with E-state index >= 15 is 0 Å². The van der Waals surface area contributed by atoms with Crippen LogP contribution < -0.4 is 5.73 Å². The van der Waals surface area contributed by atoms with Gasteiger partial charge in [-0.2, -0.15) is 0 Å². The second kappa shape index (κ2) is 5.51. The zero-order chi connectivity index (χ0) is 13.9. The summed E-state index contributed by atoms with van der Waals surface area (Å²) in [5, 5.41) is 3.27. The van der Waals surface area contributed by atoms with Crippen LogP contribution in [0.3, 0.4) is 0 Å². The van der Waals surface area contributed by atoms with Crippen molar-refractivity contribution in [1.82, 2.24) is 9.97 Å². The molecule has 3 rings (SSSR count). The lowest BCUT2D eigenvalue weighted by atomic mass is 10.1. The predicted octanol–water partition coefficient (Wildman–Crippen LogP) is 3.81. The Hall–Kier alpha value is -2.07. The van der Waals surface area contributed by atoms with Gasteiger partial charge in [0.15, 0.2) is 5.16 Å². The molecular weight excluding hydrogens is 266 g/mol. The molecule has 4 heteroatoms.